The summed E-state index contributed by atoms with van der Waals surface area (Å²) in [5, 5.41) is 0. The molecule has 6 nitrogen and oxygen atoms in total. The smallest absolute Gasteiger partial charge is 0.306 e. The third-order valence-corrected chi connectivity index (χ3v) is 12.3. The Kier molecular flexibility index (Phi) is 52.3. The van der Waals surface area contributed by atoms with Gasteiger partial charge in [0, 0.05) is 19.3 Å². The van der Waals surface area contributed by atoms with Crippen molar-refractivity contribution in [3.63, 3.8) is 0 Å². The molecular weight excluding hydrogens is 817 g/mol. The number of allylic oxidation sites excluding steroid dienone is 10. The first-order valence-corrected chi connectivity index (χ1v) is 28.3. The molecule has 0 aliphatic rings. The number of unbranched alkanes of at least 4 members (excludes halogenated alkanes) is 30. The zero-order chi connectivity index (χ0) is 47.9. The second-order valence-electron chi connectivity index (χ2n) is 18.8. The fraction of sp³-hybridized carbons (Fsp3) is 0.783. The highest BCUT2D eigenvalue weighted by Crippen LogP contribution is 2.16. The highest BCUT2D eigenvalue weighted by Gasteiger charge is 2.19. The molecule has 0 aliphatic carbocycles. The van der Waals surface area contributed by atoms with Crippen molar-refractivity contribution in [2.24, 2.45) is 0 Å². The lowest BCUT2D eigenvalue weighted by Crippen LogP contribution is -2.30. The summed E-state index contributed by atoms with van der Waals surface area (Å²) >= 11 is 0. The van der Waals surface area contributed by atoms with Crippen LogP contribution in [0.4, 0.5) is 0 Å². The van der Waals surface area contributed by atoms with E-state index in [0.717, 1.165) is 96.3 Å². The molecular formula is C60H106O6. The average molecular weight is 924 g/mol. The maximum Gasteiger partial charge on any atom is 0.306 e. The summed E-state index contributed by atoms with van der Waals surface area (Å²) < 4.78 is 16.8. The van der Waals surface area contributed by atoms with Crippen LogP contribution in [0, 0.1) is 0 Å². The number of rotatable bonds is 51. The molecule has 0 aromatic rings. The summed E-state index contributed by atoms with van der Waals surface area (Å²) in [4.78, 5) is 38.0. The van der Waals surface area contributed by atoms with Gasteiger partial charge < -0.3 is 14.2 Å². The Labute approximate surface area is 409 Å². The van der Waals surface area contributed by atoms with Crippen LogP contribution in [0.5, 0.6) is 0 Å². The third kappa shape index (κ3) is 52.1. The summed E-state index contributed by atoms with van der Waals surface area (Å²) in [5.74, 6) is -0.904. The van der Waals surface area contributed by atoms with Crippen molar-refractivity contribution < 1.29 is 28.6 Å². The number of hydrogen-bond acceptors (Lipinski definition) is 6. The van der Waals surface area contributed by atoms with Gasteiger partial charge in [0.2, 0.25) is 0 Å². The van der Waals surface area contributed by atoms with Gasteiger partial charge in [-0.05, 0) is 64.2 Å². The number of ether oxygens (including phenoxy) is 3. The quantitative estimate of drug-likeness (QED) is 0.0262. The van der Waals surface area contributed by atoms with Crippen LogP contribution < -0.4 is 0 Å². The van der Waals surface area contributed by atoms with Crippen molar-refractivity contribution in [2.75, 3.05) is 13.2 Å². The number of carbonyl (C=O) groups excluding carboxylic acids is 3. The van der Waals surface area contributed by atoms with E-state index in [1.165, 1.54) is 148 Å². The van der Waals surface area contributed by atoms with Crippen molar-refractivity contribution >= 4 is 17.9 Å². The second kappa shape index (κ2) is 54.7. The minimum Gasteiger partial charge on any atom is -0.462 e. The van der Waals surface area contributed by atoms with E-state index in [2.05, 4.69) is 81.5 Å². The van der Waals surface area contributed by atoms with E-state index in [4.69, 9.17) is 14.2 Å². The van der Waals surface area contributed by atoms with Gasteiger partial charge >= 0.3 is 17.9 Å². The first-order chi connectivity index (χ1) is 32.5. The van der Waals surface area contributed by atoms with E-state index < -0.39 is 6.10 Å². The van der Waals surface area contributed by atoms with Crippen molar-refractivity contribution in [3.8, 4) is 0 Å². The molecule has 0 spiro atoms. The van der Waals surface area contributed by atoms with E-state index in [1.54, 1.807) is 0 Å². The molecule has 0 bridgehead atoms. The molecule has 0 saturated heterocycles. The van der Waals surface area contributed by atoms with Crippen LogP contribution in [-0.4, -0.2) is 37.2 Å². The van der Waals surface area contributed by atoms with Crippen molar-refractivity contribution in [3.05, 3.63) is 60.8 Å². The lowest BCUT2D eigenvalue weighted by molar-refractivity contribution is -0.167. The van der Waals surface area contributed by atoms with Crippen molar-refractivity contribution in [1.82, 2.24) is 0 Å². The van der Waals surface area contributed by atoms with Crippen LogP contribution in [-0.2, 0) is 28.6 Å². The fourth-order valence-corrected chi connectivity index (χ4v) is 8.06. The monoisotopic (exact) mass is 923 g/mol. The molecule has 0 amide bonds. The minimum absolute atomic E-state index is 0.0813. The van der Waals surface area contributed by atoms with Gasteiger partial charge in [-0.1, -0.05) is 261 Å². The fourth-order valence-electron chi connectivity index (χ4n) is 8.06. The Morgan fingerprint density at radius 2 is 0.591 bits per heavy atom. The van der Waals surface area contributed by atoms with E-state index in [1.807, 2.05) is 0 Å². The molecule has 0 saturated carbocycles. The van der Waals surface area contributed by atoms with E-state index in [0.29, 0.717) is 19.3 Å². The number of esters is 3. The molecule has 382 valence electrons. The molecule has 66 heavy (non-hydrogen) atoms. The van der Waals surface area contributed by atoms with Crippen LogP contribution in [0.15, 0.2) is 60.8 Å². The number of hydrogen-bond donors (Lipinski definition) is 0. The van der Waals surface area contributed by atoms with Crippen LogP contribution >= 0.6 is 0 Å². The van der Waals surface area contributed by atoms with E-state index in [9.17, 15) is 14.4 Å². The molecule has 1 unspecified atom stereocenters. The van der Waals surface area contributed by atoms with Crippen molar-refractivity contribution in [1.29, 1.82) is 0 Å². The van der Waals surface area contributed by atoms with Gasteiger partial charge in [0.05, 0.1) is 0 Å². The molecule has 0 aromatic carbocycles. The van der Waals surface area contributed by atoms with Gasteiger partial charge in [-0.3, -0.25) is 14.4 Å². The maximum atomic E-state index is 12.8. The molecule has 1 atom stereocenters. The maximum absolute atomic E-state index is 12.8. The van der Waals surface area contributed by atoms with Crippen LogP contribution in [0.3, 0.4) is 0 Å². The van der Waals surface area contributed by atoms with Gasteiger partial charge in [0.25, 0.3) is 0 Å². The first-order valence-electron chi connectivity index (χ1n) is 28.3. The Morgan fingerprint density at radius 1 is 0.318 bits per heavy atom. The molecule has 0 fully saturated rings. The number of carbonyl (C=O) groups is 3. The van der Waals surface area contributed by atoms with E-state index in [-0.39, 0.29) is 31.1 Å². The lowest BCUT2D eigenvalue weighted by Gasteiger charge is -2.18. The second-order valence-corrected chi connectivity index (χ2v) is 18.8. The van der Waals surface area contributed by atoms with E-state index >= 15 is 0 Å². The van der Waals surface area contributed by atoms with Crippen LogP contribution in [0.1, 0.15) is 284 Å². The molecule has 0 heterocycles. The van der Waals surface area contributed by atoms with Gasteiger partial charge in [0.15, 0.2) is 6.10 Å². The molecule has 6 heteroatoms. The zero-order valence-electron chi connectivity index (χ0n) is 43.7. The summed E-state index contributed by atoms with van der Waals surface area (Å²) in [7, 11) is 0. The predicted molar refractivity (Wildman–Crippen MR) is 284 cm³/mol. The average Bonchev–Trinajstić information content (AvgIpc) is 3.31. The summed E-state index contributed by atoms with van der Waals surface area (Å²) in [6, 6.07) is 0. The molecule has 0 radical (unpaired) electrons. The minimum atomic E-state index is -0.784. The van der Waals surface area contributed by atoms with Crippen molar-refractivity contribution in [2.45, 2.75) is 290 Å². The largest absolute Gasteiger partial charge is 0.462 e. The highest BCUT2D eigenvalue weighted by atomic mass is 16.6. The molecule has 0 aromatic heterocycles. The Morgan fingerprint density at radius 3 is 0.924 bits per heavy atom. The predicted octanol–water partition coefficient (Wildman–Crippen LogP) is 18.8. The van der Waals surface area contributed by atoms with Gasteiger partial charge in [-0.15, -0.1) is 0 Å². The van der Waals surface area contributed by atoms with Gasteiger partial charge in [-0.25, -0.2) is 0 Å². The highest BCUT2D eigenvalue weighted by molar-refractivity contribution is 5.71. The summed E-state index contributed by atoms with van der Waals surface area (Å²) in [5.41, 5.74) is 0. The summed E-state index contributed by atoms with van der Waals surface area (Å²) in [6.07, 6.45) is 67.9. The topological polar surface area (TPSA) is 78.9 Å². The Balaban J connectivity index is 4.35. The molecule has 0 N–H and O–H groups in total. The van der Waals surface area contributed by atoms with Crippen LogP contribution in [0.2, 0.25) is 0 Å². The SMILES string of the molecule is CC/C=C\C/C=C\C/C=C\C/C=C\C/C=C\CCCCCC(=O)OCC(COC(=O)CCCCCCCCCCCC)OC(=O)CCCCCCCCCCCCCCCCCCCCC. The Bertz CT molecular complexity index is 1200. The summed E-state index contributed by atoms with van der Waals surface area (Å²) in [6.45, 7) is 6.51. The van der Waals surface area contributed by atoms with Gasteiger partial charge in [-0.2, -0.15) is 0 Å². The first kappa shape index (κ1) is 63.1. The third-order valence-electron chi connectivity index (χ3n) is 12.3. The zero-order valence-corrected chi connectivity index (χ0v) is 43.7. The van der Waals surface area contributed by atoms with Crippen LogP contribution in [0.25, 0.3) is 0 Å². The van der Waals surface area contributed by atoms with Gasteiger partial charge in [0.1, 0.15) is 13.2 Å². The molecule has 0 rings (SSSR count). The lowest BCUT2D eigenvalue weighted by atomic mass is 10.0. The standard InChI is InChI=1S/C60H106O6/c1-4-7-10-13-16-19-22-24-26-28-30-32-34-36-38-41-44-47-50-53-59(62)65-56-57(55-64-58(61)52-49-46-43-40-21-18-15-12-9-6-3)66-60(63)54-51-48-45-42-39-37-35-33-31-29-27-25-23-20-17-14-11-8-5-2/h7,10,16,19,24,26,30,32,36,38,57H,4-6,8-9,11-15,17-18,20-23,25,27-29,31,33-35,37,39-56H2,1-3H3/b10-7-,19-16-,26-24-,32-30-,38-36-. The molecule has 0 aliphatic heterocycles. The normalized spacial score (nSPS) is 12.5. The Hall–Kier alpha value is -2.89.